The highest BCUT2D eigenvalue weighted by Crippen LogP contribution is 2.14. The third-order valence-corrected chi connectivity index (χ3v) is 3.63. The molecular weight excluding hydrogens is 279 g/mol. The van der Waals surface area contributed by atoms with Gasteiger partial charge in [-0.05, 0) is 31.0 Å². The van der Waals surface area contributed by atoms with Gasteiger partial charge in [0.05, 0.1) is 0 Å². The molecule has 0 saturated carbocycles. The molecule has 6 heteroatoms. The van der Waals surface area contributed by atoms with E-state index in [-0.39, 0.29) is 23.3 Å². The third-order valence-electron chi connectivity index (χ3n) is 3.29. The van der Waals surface area contributed by atoms with E-state index in [4.69, 9.17) is 0 Å². The molecule has 1 heterocycles. The first-order valence-electron chi connectivity index (χ1n) is 6.62. The molecule has 0 unspecified atom stereocenters. The Morgan fingerprint density at radius 2 is 2.00 bits per heavy atom. The van der Waals surface area contributed by atoms with Crippen molar-refractivity contribution in [3.05, 3.63) is 29.6 Å². The minimum atomic E-state index is -0.464. The summed E-state index contributed by atoms with van der Waals surface area (Å²) in [6.07, 6.45) is 2.40. The van der Waals surface area contributed by atoms with Crippen LogP contribution in [-0.2, 0) is 4.79 Å². The zero-order chi connectivity index (χ0) is 14.5. The third kappa shape index (κ3) is 3.72. The van der Waals surface area contributed by atoms with Crippen molar-refractivity contribution in [3.8, 4) is 0 Å². The highest BCUT2D eigenvalue weighted by Gasteiger charge is 2.17. The quantitative estimate of drug-likeness (QED) is 0.833. The summed E-state index contributed by atoms with van der Waals surface area (Å²) < 4.78 is 13.0. The second-order valence-corrected chi connectivity index (χ2v) is 5.24. The molecule has 0 atom stereocenters. The summed E-state index contributed by atoms with van der Waals surface area (Å²) >= 11 is 3.93. The van der Waals surface area contributed by atoms with Crippen molar-refractivity contribution in [2.45, 2.75) is 24.2 Å². The molecule has 0 aliphatic carbocycles. The monoisotopic (exact) mass is 296 g/mol. The highest BCUT2D eigenvalue weighted by molar-refractivity contribution is 7.80. The van der Waals surface area contributed by atoms with Crippen molar-refractivity contribution in [2.24, 2.45) is 0 Å². The molecule has 1 aliphatic heterocycles. The zero-order valence-corrected chi connectivity index (χ0v) is 12.0. The van der Waals surface area contributed by atoms with Crippen molar-refractivity contribution >= 4 is 24.4 Å². The molecule has 1 N–H and O–H groups in total. The van der Waals surface area contributed by atoms with Crippen LogP contribution in [0.4, 0.5) is 4.39 Å². The summed E-state index contributed by atoms with van der Waals surface area (Å²) in [7, 11) is 0. The highest BCUT2D eigenvalue weighted by atomic mass is 32.1. The first-order valence-corrected chi connectivity index (χ1v) is 7.07. The molecular formula is C14H17FN2O2S. The molecule has 20 heavy (non-hydrogen) atoms. The van der Waals surface area contributed by atoms with Crippen LogP contribution >= 0.6 is 12.6 Å². The number of likely N-dealkylation sites (tertiary alicyclic amines) is 1. The van der Waals surface area contributed by atoms with Crippen LogP contribution in [0.25, 0.3) is 0 Å². The van der Waals surface area contributed by atoms with Gasteiger partial charge < -0.3 is 10.2 Å². The summed E-state index contributed by atoms with van der Waals surface area (Å²) in [5.41, 5.74) is 0.338. The normalized spacial score (nSPS) is 14.4. The number of nitrogens with zero attached hydrogens (tertiary/aromatic N) is 1. The lowest BCUT2D eigenvalue weighted by Crippen LogP contribution is -2.32. The Kier molecular flexibility index (Phi) is 5.00. The summed E-state index contributed by atoms with van der Waals surface area (Å²) in [6.45, 7) is 1.91. The first kappa shape index (κ1) is 14.8. The number of carbonyl (C=O) groups is 2. The van der Waals surface area contributed by atoms with Gasteiger partial charge in [-0.25, -0.2) is 4.39 Å². The predicted molar refractivity (Wildman–Crippen MR) is 76.4 cm³/mol. The van der Waals surface area contributed by atoms with E-state index in [0.717, 1.165) is 25.9 Å². The van der Waals surface area contributed by atoms with Gasteiger partial charge in [-0.3, -0.25) is 9.59 Å². The zero-order valence-electron chi connectivity index (χ0n) is 11.1. The van der Waals surface area contributed by atoms with E-state index in [0.29, 0.717) is 12.0 Å². The number of carbonyl (C=O) groups excluding carboxylic acids is 2. The number of thiol groups is 1. The Morgan fingerprint density at radius 3 is 2.65 bits per heavy atom. The summed E-state index contributed by atoms with van der Waals surface area (Å²) in [6, 6.07) is 3.97. The van der Waals surface area contributed by atoms with Gasteiger partial charge in [0, 0.05) is 36.5 Å². The average molecular weight is 296 g/mol. The van der Waals surface area contributed by atoms with E-state index in [9.17, 15) is 14.0 Å². The van der Waals surface area contributed by atoms with Crippen LogP contribution in [0, 0.1) is 5.82 Å². The number of rotatable bonds is 4. The van der Waals surface area contributed by atoms with E-state index >= 15 is 0 Å². The molecule has 1 fully saturated rings. The summed E-state index contributed by atoms with van der Waals surface area (Å²) in [5, 5.41) is 2.66. The van der Waals surface area contributed by atoms with E-state index < -0.39 is 5.82 Å². The fourth-order valence-corrected chi connectivity index (χ4v) is 2.38. The smallest absolute Gasteiger partial charge is 0.251 e. The van der Waals surface area contributed by atoms with E-state index in [2.05, 4.69) is 17.9 Å². The Hall–Kier alpha value is -1.56. The van der Waals surface area contributed by atoms with Crippen molar-refractivity contribution in [3.63, 3.8) is 0 Å². The fourth-order valence-electron chi connectivity index (χ4n) is 2.16. The van der Waals surface area contributed by atoms with Crippen molar-refractivity contribution in [2.75, 3.05) is 19.6 Å². The minimum absolute atomic E-state index is 0.0665. The van der Waals surface area contributed by atoms with E-state index in [1.165, 1.54) is 18.2 Å². The maximum absolute atomic E-state index is 13.0. The SMILES string of the molecule is O=C(NCCC(=O)N1CCCC1)c1ccc(F)c(S)c1. The van der Waals surface area contributed by atoms with Crippen LogP contribution in [0.5, 0.6) is 0 Å². The van der Waals surface area contributed by atoms with Crippen LogP contribution in [0.1, 0.15) is 29.6 Å². The van der Waals surface area contributed by atoms with Gasteiger partial charge in [0.2, 0.25) is 5.91 Å². The topological polar surface area (TPSA) is 49.4 Å². The van der Waals surface area contributed by atoms with Crippen LogP contribution in [-0.4, -0.2) is 36.3 Å². The van der Waals surface area contributed by atoms with E-state index in [1.807, 2.05) is 4.90 Å². The molecule has 1 aliphatic rings. The van der Waals surface area contributed by atoms with Crippen molar-refractivity contribution < 1.29 is 14.0 Å². The molecule has 2 amide bonds. The van der Waals surface area contributed by atoms with Crippen LogP contribution < -0.4 is 5.32 Å². The van der Waals surface area contributed by atoms with Crippen molar-refractivity contribution in [1.82, 2.24) is 10.2 Å². The lowest BCUT2D eigenvalue weighted by molar-refractivity contribution is -0.129. The second kappa shape index (κ2) is 6.74. The van der Waals surface area contributed by atoms with Crippen LogP contribution in [0.15, 0.2) is 23.1 Å². The number of hydrogen-bond acceptors (Lipinski definition) is 3. The number of nitrogens with one attached hydrogen (secondary N) is 1. The molecule has 0 spiro atoms. The molecule has 0 aromatic heterocycles. The van der Waals surface area contributed by atoms with Gasteiger partial charge in [0.25, 0.3) is 5.91 Å². The Morgan fingerprint density at radius 1 is 1.30 bits per heavy atom. The van der Waals surface area contributed by atoms with Gasteiger partial charge in [-0.2, -0.15) is 0 Å². The first-order chi connectivity index (χ1) is 9.58. The van der Waals surface area contributed by atoms with Crippen molar-refractivity contribution in [1.29, 1.82) is 0 Å². The van der Waals surface area contributed by atoms with E-state index in [1.54, 1.807) is 0 Å². The lowest BCUT2D eigenvalue weighted by atomic mass is 10.2. The van der Waals surface area contributed by atoms with Gasteiger partial charge in [0.15, 0.2) is 0 Å². The standard InChI is InChI=1S/C14H17FN2O2S/c15-11-4-3-10(9-12(11)20)14(19)16-6-5-13(18)17-7-1-2-8-17/h3-4,9,20H,1-2,5-8H2,(H,16,19). The Labute approximate surface area is 122 Å². The van der Waals surface area contributed by atoms with Crippen LogP contribution in [0.3, 0.4) is 0 Å². The fraction of sp³-hybridized carbons (Fsp3) is 0.429. The van der Waals surface area contributed by atoms with Crippen LogP contribution in [0.2, 0.25) is 0 Å². The molecule has 2 rings (SSSR count). The molecule has 1 saturated heterocycles. The lowest BCUT2D eigenvalue weighted by Gasteiger charge is -2.15. The Bertz CT molecular complexity index is 516. The van der Waals surface area contributed by atoms with Gasteiger partial charge >= 0.3 is 0 Å². The predicted octanol–water partition coefficient (Wildman–Crippen LogP) is 1.86. The van der Waals surface area contributed by atoms with Gasteiger partial charge in [0.1, 0.15) is 5.82 Å². The second-order valence-electron chi connectivity index (χ2n) is 4.76. The molecule has 1 aromatic carbocycles. The number of halogens is 1. The molecule has 0 bridgehead atoms. The molecule has 0 radical (unpaired) electrons. The maximum Gasteiger partial charge on any atom is 0.251 e. The molecule has 108 valence electrons. The maximum atomic E-state index is 13.0. The average Bonchev–Trinajstić information content (AvgIpc) is 2.95. The summed E-state index contributed by atoms with van der Waals surface area (Å²) in [5.74, 6) is -0.722. The number of amides is 2. The molecule has 1 aromatic rings. The molecule has 4 nitrogen and oxygen atoms in total. The number of hydrogen-bond donors (Lipinski definition) is 2. The Balaban J connectivity index is 1.79. The largest absolute Gasteiger partial charge is 0.352 e. The number of benzene rings is 1. The van der Waals surface area contributed by atoms with Gasteiger partial charge in [-0.15, -0.1) is 12.6 Å². The minimum Gasteiger partial charge on any atom is -0.352 e. The summed E-state index contributed by atoms with van der Waals surface area (Å²) in [4.78, 5) is 25.5. The van der Waals surface area contributed by atoms with Gasteiger partial charge in [-0.1, -0.05) is 0 Å².